The number of para-hydroxylation sites is 1. The molecule has 0 aliphatic carbocycles. The van der Waals surface area contributed by atoms with Gasteiger partial charge in [0, 0.05) is 6.07 Å². The van der Waals surface area contributed by atoms with E-state index in [1.807, 2.05) is 36.6 Å². The zero-order valence-electron chi connectivity index (χ0n) is 11.4. The van der Waals surface area contributed by atoms with Gasteiger partial charge in [-0.3, -0.25) is 0 Å². The zero-order chi connectivity index (χ0) is 14.1. The Bertz CT molecular complexity index is 716. The van der Waals surface area contributed by atoms with Gasteiger partial charge in [0.25, 0.3) is 0 Å². The van der Waals surface area contributed by atoms with Gasteiger partial charge in [0.05, 0.1) is 18.2 Å². The maximum absolute atomic E-state index is 6.01. The molecule has 0 saturated carbocycles. The maximum atomic E-state index is 6.01. The quantitative estimate of drug-likeness (QED) is 0.789. The molecule has 3 rings (SSSR count). The first kappa shape index (κ1) is 12.5. The van der Waals surface area contributed by atoms with Crippen molar-refractivity contribution >= 4 is 17.0 Å². The number of anilines is 1. The van der Waals surface area contributed by atoms with Crippen molar-refractivity contribution in [2.24, 2.45) is 0 Å². The fourth-order valence-corrected chi connectivity index (χ4v) is 2.14. The Labute approximate surface area is 116 Å². The first-order valence-electron chi connectivity index (χ1n) is 6.46. The highest BCUT2D eigenvalue weighted by Crippen LogP contribution is 2.28. The number of nitrogen functional groups attached to an aromatic ring is 1. The highest BCUT2D eigenvalue weighted by molar-refractivity contribution is 5.84. The summed E-state index contributed by atoms with van der Waals surface area (Å²) in [4.78, 5) is 4.40. The molecule has 2 aromatic heterocycles. The third-order valence-corrected chi connectivity index (χ3v) is 2.95. The summed E-state index contributed by atoms with van der Waals surface area (Å²) in [5.74, 6) is 1.17. The van der Waals surface area contributed by atoms with Crippen LogP contribution in [0.2, 0.25) is 0 Å². The second kappa shape index (κ2) is 4.88. The van der Waals surface area contributed by atoms with Crippen molar-refractivity contribution in [3.05, 3.63) is 36.2 Å². The van der Waals surface area contributed by atoms with Crippen molar-refractivity contribution in [2.75, 3.05) is 5.73 Å². The summed E-state index contributed by atoms with van der Waals surface area (Å²) < 4.78 is 12.5. The molecule has 0 bridgehead atoms. The monoisotopic (exact) mass is 272 g/mol. The highest BCUT2D eigenvalue weighted by atomic mass is 16.5. The van der Waals surface area contributed by atoms with E-state index in [0.29, 0.717) is 12.5 Å². The zero-order valence-corrected chi connectivity index (χ0v) is 11.4. The molecule has 0 radical (unpaired) electrons. The molecule has 0 aliphatic rings. The first-order chi connectivity index (χ1) is 9.65. The van der Waals surface area contributed by atoms with Crippen LogP contribution in [0.1, 0.15) is 19.5 Å². The number of imidazole rings is 1. The van der Waals surface area contributed by atoms with Crippen molar-refractivity contribution in [1.82, 2.24) is 14.7 Å². The average molecular weight is 272 g/mol. The van der Waals surface area contributed by atoms with Crippen LogP contribution in [0.15, 0.2) is 35.1 Å². The molecule has 6 heteroatoms. The molecule has 0 aliphatic heterocycles. The molecule has 0 saturated heterocycles. The molecular weight excluding hydrogens is 256 g/mol. The number of hydrogen-bond donors (Lipinski definition) is 1. The fraction of sp³-hybridized carbons (Fsp3) is 0.286. The number of hydrogen-bond acceptors (Lipinski definition) is 5. The standard InChI is InChI=1S/C14H16N4O2/c1-9(2)20-12-5-3-4-11-13(12)16-14(15)18(11)8-10-6-7-19-17-10/h3-7,9H,8H2,1-2H3,(H2,15,16). The van der Waals surface area contributed by atoms with Crippen LogP contribution in [0.3, 0.4) is 0 Å². The maximum Gasteiger partial charge on any atom is 0.201 e. The van der Waals surface area contributed by atoms with Crippen LogP contribution in [0.25, 0.3) is 11.0 Å². The number of fused-ring (bicyclic) bond motifs is 1. The van der Waals surface area contributed by atoms with Crippen molar-refractivity contribution in [2.45, 2.75) is 26.5 Å². The van der Waals surface area contributed by atoms with E-state index in [-0.39, 0.29) is 6.10 Å². The fourth-order valence-electron chi connectivity index (χ4n) is 2.14. The molecule has 104 valence electrons. The summed E-state index contributed by atoms with van der Waals surface area (Å²) in [5, 5.41) is 3.90. The normalized spacial score (nSPS) is 11.3. The lowest BCUT2D eigenvalue weighted by molar-refractivity contribution is 0.245. The molecule has 3 aromatic rings. The molecule has 20 heavy (non-hydrogen) atoms. The van der Waals surface area contributed by atoms with Gasteiger partial charge in [0.2, 0.25) is 5.95 Å². The van der Waals surface area contributed by atoms with Gasteiger partial charge in [-0.25, -0.2) is 4.98 Å². The second-order valence-corrected chi connectivity index (χ2v) is 4.84. The van der Waals surface area contributed by atoms with Crippen molar-refractivity contribution in [1.29, 1.82) is 0 Å². The molecule has 6 nitrogen and oxygen atoms in total. The number of rotatable bonds is 4. The van der Waals surface area contributed by atoms with Crippen LogP contribution in [0, 0.1) is 0 Å². The van der Waals surface area contributed by atoms with Gasteiger partial charge in [-0.05, 0) is 26.0 Å². The molecule has 0 fully saturated rings. The molecule has 2 heterocycles. The number of ether oxygens (including phenoxy) is 1. The Morgan fingerprint density at radius 2 is 2.20 bits per heavy atom. The lowest BCUT2D eigenvalue weighted by Gasteiger charge is -2.10. The lowest BCUT2D eigenvalue weighted by Crippen LogP contribution is -2.06. The first-order valence-corrected chi connectivity index (χ1v) is 6.46. The third-order valence-electron chi connectivity index (χ3n) is 2.95. The van der Waals surface area contributed by atoms with E-state index in [2.05, 4.69) is 10.1 Å². The van der Waals surface area contributed by atoms with E-state index < -0.39 is 0 Å². The topological polar surface area (TPSA) is 79.1 Å². The highest BCUT2D eigenvalue weighted by Gasteiger charge is 2.14. The van der Waals surface area contributed by atoms with E-state index in [1.165, 1.54) is 6.26 Å². The summed E-state index contributed by atoms with van der Waals surface area (Å²) in [6.07, 6.45) is 1.63. The second-order valence-electron chi connectivity index (χ2n) is 4.84. The van der Waals surface area contributed by atoms with E-state index in [4.69, 9.17) is 15.0 Å². The summed E-state index contributed by atoms with van der Waals surface area (Å²) in [5.41, 5.74) is 8.49. The predicted octanol–water partition coefficient (Wildman–Crippen LogP) is 2.44. The molecule has 1 aromatic carbocycles. The van der Waals surface area contributed by atoms with Crippen LogP contribution in [-0.4, -0.2) is 20.8 Å². The Balaban J connectivity index is 2.07. The van der Waals surface area contributed by atoms with Crippen molar-refractivity contribution in [3.8, 4) is 5.75 Å². The minimum absolute atomic E-state index is 0.0857. The van der Waals surface area contributed by atoms with Crippen LogP contribution in [0.4, 0.5) is 5.95 Å². The van der Waals surface area contributed by atoms with E-state index in [1.54, 1.807) is 6.07 Å². The van der Waals surface area contributed by atoms with Gasteiger partial charge >= 0.3 is 0 Å². The number of aromatic nitrogens is 3. The third kappa shape index (κ3) is 2.20. The molecule has 2 N–H and O–H groups in total. The molecule has 0 amide bonds. The van der Waals surface area contributed by atoms with Gasteiger partial charge in [0.1, 0.15) is 23.2 Å². The number of nitrogens with two attached hydrogens (primary N) is 1. The van der Waals surface area contributed by atoms with Gasteiger partial charge in [-0.2, -0.15) is 0 Å². The molecular formula is C14H16N4O2. The van der Waals surface area contributed by atoms with E-state index >= 15 is 0 Å². The van der Waals surface area contributed by atoms with Crippen molar-refractivity contribution < 1.29 is 9.26 Å². The molecule has 0 unspecified atom stereocenters. The Morgan fingerprint density at radius 1 is 1.35 bits per heavy atom. The minimum Gasteiger partial charge on any atom is -0.489 e. The van der Waals surface area contributed by atoms with Gasteiger partial charge in [0.15, 0.2) is 0 Å². The Kier molecular flexibility index (Phi) is 3.06. The summed E-state index contributed by atoms with van der Waals surface area (Å²) in [7, 11) is 0. The van der Waals surface area contributed by atoms with E-state index in [9.17, 15) is 0 Å². The van der Waals surface area contributed by atoms with Gasteiger partial charge < -0.3 is 19.6 Å². The summed E-state index contributed by atoms with van der Waals surface area (Å²) >= 11 is 0. The Morgan fingerprint density at radius 3 is 2.90 bits per heavy atom. The molecule has 0 spiro atoms. The SMILES string of the molecule is CC(C)Oc1cccc2c1nc(N)n2Cc1ccon1. The van der Waals surface area contributed by atoms with Gasteiger partial charge in [-0.1, -0.05) is 11.2 Å². The average Bonchev–Trinajstić information content (AvgIpc) is 3.00. The minimum atomic E-state index is 0.0857. The smallest absolute Gasteiger partial charge is 0.201 e. The molecule has 0 atom stereocenters. The predicted molar refractivity (Wildman–Crippen MR) is 75.5 cm³/mol. The summed E-state index contributed by atoms with van der Waals surface area (Å²) in [6.45, 7) is 4.48. The number of benzene rings is 1. The number of nitrogens with zero attached hydrogens (tertiary/aromatic N) is 3. The van der Waals surface area contributed by atoms with Crippen LogP contribution < -0.4 is 10.5 Å². The largest absolute Gasteiger partial charge is 0.489 e. The Hall–Kier alpha value is -2.50. The van der Waals surface area contributed by atoms with Crippen LogP contribution in [0.5, 0.6) is 5.75 Å². The van der Waals surface area contributed by atoms with E-state index in [0.717, 1.165) is 22.5 Å². The van der Waals surface area contributed by atoms with Crippen LogP contribution in [-0.2, 0) is 6.54 Å². The lowest BCUT2D eigenvalue weighted by atomic mass is 10.3. The van der Waals surface area contributed by atoms with Crippen LogP contribution >= 0.6 is 0 Å². The summed E-state index contributed by atoms with van der Waals surface area (Å²) in [6, 6.07) is 7.60. The van der Waals surface area contributed by atoms with Gasteiger partial charge in [-0.15, -0.1) is 0 Å². The van der Waals surface area contributed by atoms with Crippen molar-refractivity contribution in [3.63, 3.8) is 0 Å².